The summed E-state index contributed by atoms with van der Waals surface area (Å²) in [6.45, 7) is 1.16. The maximum absolute atomic E-state index is 4.13. The Balaban J connectivity index is 2.14. The predicted molar refractivity (Wildman–Crippen MR) is 38.1 cm³/mol. The molecule has 0 aromatic rings. The van der Waals surface area contributed by atoms with Crippen LogP contribution in [0.3, 0.4) is 0 Å². The molecule has 0 aromatic carbocycles. The third-order valence-corrected chi connectivity index (χ3v) is 2.75. The Morgan fingerprint density at radius 1 is 1.86 bits per heavy atom. The number of thiol groups is 1. The van der Waals surface area contributed by atoms with E-state index in [0.717, 1.165) is 12.3 Å². The first-order valence-corrected chi connectivity index (χ1v) is 4.07. The van der Waals surface area contributed by atoms with Gasteiger partial charge in [-0.3, -0.25) is 0 Å². The highest BCUT2D eigenvalue weighted by atomic mass is 32.2. The zero-order chi connectivity index (χ0) is 5.11. The lowest BCUT2D eigenvalue weighted by Gasteiger charge is -2.00. The van der Waals surface area contributed by atoms with Crippen molar-refractivity contribution in [2.45, 2.75) is 5.37 Å². The van der Waals surface area contributed by atoms with Crippen molar-refractivity contribution < 1.29 is 0 Å². The van der Waals surface area contributed by atoms with E-state index in [4.69, 9.17) is 0 Å². The fourth-order valence-corrected chi connectivity index (χ4v) is 1.90. The second-order valence-corrected chi connectivity index (χ2v) is 3.17. The summed E-state index contributed by atoms with van der Waals surface area (Å²) in [6, 6.07) is 0. The zero-order valence-electron chi connectivity index (χ0n) is 4.05. The predicted octanol–water partition coefficient (Wildman–Crippen LogP) is 0.579. The van der Waals surface area contributed by atoms with Crippen LogP contribution in [0.25, 0.3) is 0 Å². The molecule has 0 amide bonds. The van der Waals surface area contributed by atoms with Gasteiger partial charge in [0, 0.05) is 18.1 Å². The average molecular weight is 135 g/mol. The largest absolute Gasteiger partial charge is 0.304 e. The molecule has 0 saturated carbocycles. The molecule has 42 valence electrons. The molecule has 0 unspecified atom stereocenters. The van der Waals surface area contributed by atoms with Crippen LogP contribution in [-0.2, 0) is 0 Å². The first-order chi connectivity index (χ1) is 3.43. The number of hydrogen-bond donors (Lipinski definition) is 2. The summed E-state index contributed by atoms with van der Waals surface area (Å²) in [7, 11) is 0. The molecule has 1 N–H and O–H groups in total. The van der Waals surface area contributed by atoms with Gasteiger partial charge in [0.15, 0.2) is 0 Å². The number of rotatable bonds is 1. The summed E-state index contributed by atoms with van der Waals surface area (Å²) >= 11 is 6.09. The van der Waals surface area contributed by atoms with E-state index in [1.165, 1.54) is 5.75 Å². The van der Waals surface area contributed by atoms with Gasteiger partial charge in [0.1, 0.15) is 0 Å². The van der Waals surface area contributed by atoms with Crippen molar-refractivity contribution in [2.75, 3.05) is 18.1 Å². The number of hydrogen-bond acceptors (Lipinski definition) is 3. The molecule has 1 saturated heterocycles. The molecule has 3 heteroatoms. The van der Waals surface area contributed by atoms with Crippen molar-refractivity contribution in [3.8, 4) is 0 Å². The Labute approximate surface area is 53.7 Å². The minimum Gasteiger partial charge on any atom is -0.304 e. The maximum Gasteiger partial charge on any atom is 0.0622 e. The minimum absolute atomic E-state index is 0.628. The molecule has 1 nitrogen and oxygen atoms in total. The molecule has 1 fully saturated rings. The van der Waals surface area contributed by atoms with E-state index >= 15 is 0 Å². The summed E-state index contributed by atoms with van der Waals surface area (Å²) in [4.78, 5) is 0. The Bertz CT molecular complexity index is 51.7. The van der Waals surface area contributed by atoms with E-state index in [2.05, 4.69) is 17.9 Å². The fourth-order valence-electron chi connectivity index (χ4n) is 0.597. The maximum atomic E-state index is 4.13. The van der Waals surface area contributed by atoms with Gasteiger partial charge >= 0.3 is 0 Å². The van der Waals surface area contributed by atoms with E-state index in [1.54, 1.807) is 0 Å². The van der Waals surface area contributed by atoms with Gasteiger partial charge in [0.05, 0.1) is 5.37 Å². The highest BCUT2D eigenvalue weighted by Gasteiger charge is 2.10. The average Bonchev–Trinajstić information content (AvgIpc) is 2.14. The summed E-state index contributed by atoms with van der Waals surface area (Å²) in [6.07, 6.45) is 0. The molecule has 1 heterocycles. The molecule has 0 aromatic heterocycles. The first-order valence-electron chi connectivity index (χ1n) is 2.39. The lowest BCUT2D eigenvalue weighted by atomic mass is 10.7. The van der Waals surface area contributed by atoms with E-state index in [1.807, 2.05) is 11.8 Å². The lowest BCUT2D eigenvalue weighted by molar-refractivity contribution is 0.769. The highest BCUT2D eigenvalue weighted by Crippen LogP contribution is 2.13. The number of nitrogens with one attached hydrogen (secondary N) is 1. The van der Waals surface area contributed by atoms with Crippen LogP contribution in [-0.4, -0.2) is 23.4 Å². The molecular weight excluding hydrogens is 126 g/mol. The number of thioether (sulfide) groups is 1. The van der Waals surface area contributed by atoms with Gasteiger partial charge in [0.2, 0.25) is 0 Å². The molecule has 1 atom stereocenters. The Kier molecular flexibility index (Phi) is 2.35. The van der Waals surface area contributed by atoms with Gasteiger partial charge in [0.25, 0.3) is 0 Å². The third kappa shape index (κ3) is 1.55. The van der Waals surface area contributed by atoms with Crippen molar-refractivity contribution >= 4 is 24.4 Å². The molecule has 0 radical (unpaired) electrons. The molecule has 7 heavy (non-hydrogen) atoms. The van der Waals surface area contributed by atoms with E-state index in [0.29, 0.717) is 5.37 Å². The topological polar surface area (TPSA) is 12.0 Å². The van der Waals surface area contributed by atoms with Crippen molar-refractivity contribution in [1.82, 2.24) is 5.32 Å². The molecular formula is C4H9NS2. The van der Waals surface area contributed by atoms with Crippen LogP contribution in [0.1, 0.15) is 0 Å². The Hall–Kier alpha value is 0.660. The van der Waals surface area contributed by atoms with Crippen molar-refractivity contribution in [3.63, 3.8) is 0 Å². The monoisotopic (exact) mass is 135 g/mol. The van der Waals surface area contributed by atoms with Gasteiger partial charge < -0.3 is 5.32 Å². The lowest BCUT2D eigenvalue weighted by Crippen LogP contribution is -2.20. The SMILES string of the molecule is SC[C@@H]1NCCS1. The highest BCUT2D eigenvalue weighted by molar-refractivity contribution is 8.00. The van der Waals surface area contributed by atoms with Crippen LogP contribution in [0.15, 0.2) is 0 Å². The standard InChI is InChI=1S/C4H9NS2/c6-3-4-5-1-2-7-4/h4-6H,1-3H2/t4-/m1/s1. The van der Waals surface area contributed by atoms with Crippen LogP contribution in [0.2, 0.25) is 0 Å². The van der Waals surface area contributed by atoms with Gasteiger partial charge in [-0.2, -0.15) is 12.6 Å². The van der Waals surface area contributed by atoms with Crippen LogP contribution in [0.4, 0.5) is 0 Å². The van der Waals surface area contributed by atoms with Crippen molar-refractivity contribution in [3.05, 3.63) is 0 Å². The normalized spacial score (nSPS) is 31.3. The van der Waals surface area contributed by atoms with E-state index < -0.39 is 0 Å². The molecule has 0 bridgehead atoms. The summed E-state index contributed by atoms with van der Waals surface area (Å²) < 4.78 is 0. The van der Waals surface area contributed by atoms with Gasteiger partial charge in [-0.15, -0.1) is 11.8 Å². The molecule has 1 aliphatic heterocycles. The second-order valence-electron chi connectivity index (χ2n) is 1.50. The van der Waals surface area contributed by atoms with Crippen molar-refractivity contribution in [2.24, 2.45) is 0 Å². The zero-order valence-corrected chi connectivity index (χ0v) is 5.77. The van der Waals surface area contributed by atoms with Gasteiger partial charge in [-0.25, -0.2) is 0 Å². The Morgan fingerprint density at radius 3 is 3.00 bits per heavy atom. The summed E-state index contributed by atoms with van der Waals surface area (Å²) in [5.41, 5.74) is 0. The third-order valence-electron chi connectivity index (χ3n) is 0.959. The van der Waals surface area contributed by atoms with E-state index in [-0.39, 0.29) is 0 Å². The van der Waals surface area contributed by atoms with E-state index in [9.17, 15) is 0 Å². The molecule has 1 aliphatic rings. The van der Waals surface area contributed by atoms with Gasteiger partial charge in [-0.1, -0.05) is 0 Å². The smallest absolute Gasteiger partial charge is 0.0622 e. The summed E-state index contributed by atoms with van der Waals surface area (Å²) in [5.74, 6) is 2.22. The summed E-state index contributed by atoms with van der Waals surface area (Å²) in [5, 5.41) is 3.92. The molecule has 0 spiro atoms. The van der Waals surface area contributed by atoms with Crippen LogP contribution < -0.4 is 5.32 Å². The fraction of sp³-hybridized carbons (Fsp3) is 1.00. The molecule has 1 rings (SSSR count). The van der Waals surface area contributed by atoms with Gasteiger partial charge in [-0.05, 0) is 0 Å². The van der Waals surface area contributed by atoms with Crippen LogP contribution in [0.5, 0.6) is 0 Å². The van der Waals surface area contributed by atoms with Crippen LogP contribution in [0, 0.1) is 0 Å². The molecule has 0 aliphatic carbocycles. The first kappa shape index (κ1) is 5.79. The Morgan fingerprint density at radius 2 is 2.71 bits per heavy atom. The van der Waals surface area contributed by atoms with Crippen molar-refractivity contribution in [1.29, 1.82) is 0 Å². The minimum atomic E-state index is 0.628. The second kappa shape index (κ2) is 2.84. The quantitative estimate of drug-likeness (QED) is 0.510. The van der Waals surface area contributed by atoms with Crippen LogP contribution >= 0.6 is 24.4 Å².